The zero-order valence-electron chi connectivity index (χ0n) is 9.90. The molecule has 0 aliphatic carbocycles. The van der Waals surface area contributed by atoms with Crippen LogP contribution in [-0.2, 0) is 6.42 Å². The molecule has 1 heterocycles. The average molecular weight is 266 g/mol. The van der Waals surface area contributed by atoms with Gasteiger partial charge in [-0.3, -0.25) is 4.98 Å². The summed E-state index contributed by atoms with van der Waals surface area (Å²) in [7, 11) is 0. The summed E-state index contributed by atoms with van der Waals surface area (Å²) >= 11 is 5.70. The number of halogens is 2. The van der Waals surface area contributed by atoms with E-state index in [1.165, 1.54) is 6.07 Å². The summed E-state index contributed by atoms with van der Waals surface area (Å²) in [6.45, 7) is 1.84. The van der Waals surface area contributed by atoms with E-state index in [0.29, 0.717) is 5.56 Å². The Morgan fingerprint density at radius 3 is 2.89 bits per heavy atom. The predicted molar refractivity (Wildman–Crippen MR) is 69.0 cm³/mol. The van der Waals surface area contributed by atoms with Crippen LogP contribution in [-0.4, -0.2) is 10.1 Å². The van der Waals surface area contributed by atoms with Crippen LogP contribution in [0.25, 0.3) is 0 Å². The molecule has 0 aliphatic rings. The fourth-order valence-corrected chi connectivity index (χ4v) is 2.00. The Kier molecular flexibility index (Phi) is 3.94. The smallest absolute Gasteiger partial charge is 0.145 e. The minimum atomic E-state index is -0.764. The monoisotopic (exact) mass is 265 g/mol. The first-order chi connectivity index (χ1) is 8.58. The van der Waals surface area contributed by atoms with Crippen molar-refractivity contribution >= 4 is 11.6 Å². The van der Waals surface area contributed by atoms with Crippen LogP contribution in [0.15, 0.2) is 36.5 Å². The quantitative estimate of drug-likeness (QED) is 0.922. The first-order valence-corrected chi connectivity index (χ1v) is 5.99. The molecule has 0 bridgehead atoms. The van der Waals surface area contributed by atoms with Gasteiger partial charge in [-0.1, -0.05) is 23.7 Å². The van der Waals surface area contributed by atoms with Crippen LogP contribution in [0.2, 0.25) is 5.02 Å². The van der Waals surface area contributed by atoms with Gasteiger partial charge in [-0.15, -0.1) is 0 Å². The number of aliphatic hydroxyl groups is 1. The Morgan fingerprint density at radius 1 is 1.39 bits per heavy atom. The highest BCUT2D eigenvalue weighted by molar-refractivity contribution is 6.30. The Hall–Kier alpha value is -1.45. The maximum Gasteiger partial charge on any atom is 0.145 e. The molecule has 1 aromatic carbocycles. The summed E-state index contributed by atoms with van der Waals surface area (Å²) in [5.74, 6) is -0.469. The van der Waals surface area contributed by atoms with Gasteiger partial charge in [0.05, 0.1) is 11.1 Å². The summed E-state index contributed by atoms with van der Waals surface area (Å²) in [6, 6.07) is 8.29. The molecule has 1 unspecified atom stereocenters. The molecule has 0 saturated carbocycles. The Balaban J connectivity index is 2.21. The van der Waals surface area contributed by atoms with Crippen LogP contribution in [0.4, 0.5) is 4.39 Å². The summed E-state index contributed by atoms with van der Waals surface area (Å²) < 4.78 is 13.7. The number of pyridine rings is 1. The Labute approximate surface area is 110 Å². The molecule has 2 aromatic rings. The van der Waals surface area contributed by atoms with Crippen molar-refractivity contribution < 1.29 is 9.50 Å². The zero-order chi connectivity index (χ0) is 13.1. The molecule has 94 valence electrons. The topological polar surface area (TPSA) is 33.1 Å². The van der Waals surface area contributed by atoms with Crippen molar-refractivity contribution in [1.82, 2.24) is 4.98 Å². The SMILES string of the molecule is Cc1cc(C(O)Cc2cccc(Cl)c2F)ccn1. The van der Waals surface area contributed by atoms with Crippen LogP contribution in [0, 0.1) is 12.7 Å². The third-order valence-electron chi connectivity index (χ3n) is 2.75. The van der Waals surface area contributed by atoms with Crippen molar-refractivity contribution in [2.45, 2.75) is 19.4 Å². The van der Waals surface area contributed by atoms with Crippen molar-refractivity contribution in [3.8, 4) is 0 Å². The van der Waals surface area contributed by atoms with Crippen LogP contribution < -0.4 is 0 Å². The summed E-state index contributed by atoms with van der Waals surface area (Å²) in [5.41, 5.74) is 1.95. The molecule has 0 amide bonds. The van der Waals surface area contributed by atoms with Crippen molar-refractivity contribution in [3.63, 3.8) is 0 Å². The Bertz CT molecular complexity index is 559. The number of aryl methyl sites for hydroxylation is 1. The molecular formula is C14H13ClFNO. The molecule has 1 aromatic heterocycles. The van der Waals surface area contributed by atoms with E-state index >= 15 is 0 Å². The van der Waals surface area contributed by atoms with Crippen molar-refractivity contribution in [1.29, 1.82) is 0 Å². The number of benzene rings is 1. The minimum Gasteiger partial charge on any atom is -0.388 e. The highest BCUT2D eigenvalue weighted by Gasteiger charge is 2.13. The maximum absolute atomic E-state index is 13.7. The predicted octanol–water partition coefficient (Wildman–Crippen LogP) is 3.46. The third kappa shape index (κ3) is 2.86. The first-order valence-electron chi connectivity index (χ1n) is 5.61. The Morgan fingerprint density at radius 2 is 2.17 bits per heavy atom. The fourth-order valence-electron chi connectivity index (χ4n) is 1.81. The molecular weight excluding hydrogens is 253 g/mol. The molecule has 1 atom stereocenters. The second-order valence-electron chi connectivity index (χ2n) is 4.16. The number of hydrogen-bond donors (Lipinski definition) is 1. The number of rotatable bonds is 3. The van der Waals surface area contributed by atoms with Gasteiger partial charge < -0.3 is 5.11 Å². The number of aliphatic hydroxyl groups excluding tert-OH is 1. The normalized spacial score (nSPS) is 12.4. The van der Waals surface area contributed by atoms with E-state index in [1.807, 2.05) is 6.92 Å². The number of hydrogen-bond acceptors (Lipinski definition) is 2. The molecule has 0 radical (unpaired) electrons. The van der Waals surface area contributed by atoms with Crippen molar-refractivity contribution in [3.05, 3.63) is 64.2 Å². The molecule has 0 aliphatic heterocycles. The number of nitrogens with zero attached hydrogens (tertiary/aromatic N) is 1. The van der Waals surface area contributed by atoms with Crippen LogP contribution in [0.5, 0.6) is 0 Å². The van der Waals surface area contributed by atoms with E-state index in [9.17, 15) is 9.50 Å². The minimum absolute atomic E-state index is 0.0746. The second-order valence-corrected chi connectivity index (χ2v) is 4.57. The lowest BCUT2D eigenvalue weighted by atomic mass is 10.0. The van der Waals surface area contributed by atoms with Gasteiger partial charge >= 0.3 is 0 Å². The van der Waals surface area contributed by atoms with Gasteiger partial charge in [0.1, 0.15) is 5.82 Å². The lowest BCUT2D eigenvalue weighted by Gasteiger charge is -2.12. The highest BCUT2D eigenvalue weighted by atomic mass is 35.5. The first kappa shape index (κ1) is 13.0. The number of aromatic nitrogens is 1. The van der Waals surface area contributed by atoms with E-state index < -0.39 is 11.9 Å². The molecule has 2 rings (SSSR count). The van der Waals surface area contributed by atoms with Gasteiger partial charge in [-0.25, -0.2) is 4.39 Å². The van der Waals surface area contributed by atoms with Gasteiger partial charge in [-0.2, -0.15) is 0 Å². The molecule has 18 heavy (non-hydrogen) atoms. The van der Waals surface area contributed by atoms with E-state index in [2.05, 4.69) is 4.98 Å². The molecule has 0 fully saturated rings. The molecule has 2 nitrogen and oxygen atoms in total. The van der Waals surface area contributed by atoms with E-state index in [0.717, 1.165) is 11.3 Å². The summed E-state index contributed by atoms with van der Waals surface area (Å²) in [6.07, 6.45) is 1.05. The van der Waals surface area contributed by atoms with Crippen LogP contribution in [0.3, 0.4) is 0 Å². The van der Waals surface area contributed by atoms with Gasteiger partial charge in [0, 0.05) is 18.3 Å². The second kappa shape index (κ2) is 5.46. The highest BCUT2D eigenvalue weighted by Crippen LogP contribution is 2.23. The van der Waals surface area contributed by atoms with Crippen molar-refractivity contribution in [2.75, 3.05) is 0 Å². The van der Waals surface area contributed by atoms with Gasteiger partial charge in [0.2, 0.25) is 0 Å². The molecule has 1 N–H and O–H groups in total. The average Bonchev–Trinajstić information content (AvgIpc) is 2.35. The molecule has 0 spiro atoms. The lowest BCUT2D eigenvalue weighted by molar-refractivity contribution is 0.177. The van der Waals surface area contributed by atoms with Crippen LogP contribution >= 0.6 is 11.6 Å². The largest absolute Gasteiger partial charge is 0.388 e. The summed E-state index contributed by atoms with van der Waals surface area (Å²) in [5, 5.41) is 10.2. The van der Waals surface area contributed by atoms with E-state index in [1.54, 1.807) is 30.5 Å². The molecule has 0 saturated heterocycles. The van der Waals surface area contributed by atoms with Gasteiger partial charge in [-0.05, 0) is 36.2 Å². The summed E-state index contributed by atoms with van der Waals surface area (Å²) in [4.78, 5) is 4.05. The van der Waals surface area contributed by atoms with Gasteiger partial charge in [0.25, 0.3) is 0 Å². The van der Waals surface area contributed by atoms with E-state index in [4.69, 9.17) is 11.6 Å². The molecule has 4 heteroatoms. The lowest BCUT2D eigenvalue weighted by Crippen LogP contribution is -2.04. The third-order valence-corrected chi connectivity index (χ3v) is 3.04. The van der Waals surface area contributed by atoms with E-state index in [-0.39, 0.29) is 11.4 Å². The van der Waals surface area contributed by atoms with Crippen molar-refractivity contribution in [2.24, 2.45) is 0 Å². The fraction of sp³-hybridized carbons (Fsp3) is 0.214. The van der Waals surface area contributed by atoms with Crippen LogP contribution in [0.1, 0.15) is 22.9 Å². The van der Waals surface area contributed by atoms with Gasteiger partial charge in [0.15, 0.2) is 0 Å². The maximum atomic E-state index is 13.7. The zero-order valence-corrected chi connectivity index (χ0v) is 10.7. The standard InChI is InChI=1S/C14H13ClFNO/c1-9-7-10(5-6-17-9)13(18)8-11-3-2-4-12(15)14(11)16/h2-7,13,18H,8H2,1H3.